The maximum atomic E-state index is 12.2. The summed E-state index contributed by atoms with van der Waals surface area (Å²) in [6, 6.07) is 8.36. The van der Waals surface area contributed by atoms with Crippen LogP contribution in [0.15, 0.2) is 24.3 Å². The quantitative estimate of drug-likeness (QED) is 0.923. The Morgan fingerprint density at radius 2 is 2.05 bits per heavy atom. The predicted octanol–water partition coefficient (Wildman–Crippen LogP) is 2.16. The van der Waals surface area contributed by atoms with E-state index < -0.39 is 0 Å². The first-order chi connectivity index (χ1) is 8.56. The standard InChI is InChI=1S/C15H22N2O.ClH/c1-11-3-5-13(6-4-11)9-15(18)17-8-7-14(10-17)12(2)16;/h3-6,12,14H,7-10,16H2,1-2H3;1H. The molecule has 1 heterocycles. The molecule has 2 atom stereocenters. The Morgan fingerprint density at radius 1 is 1.42 bits per heavy atom. The predicted molar refractivity (Wildman–Crippen MR) is 80.5 cm³/mol. The topological polar surface area (TPSA) is 46.3 Å². The third-order valence-corrected chi connectivity index (χ3v) is 3.80. The smallest absolute Gasteiger partial charge is 0.226 e. The number of carbonyl (C=O) groups is 1. The van der Waals surface area contributed by atoms with Gasteiger partial charge in [0.05, 0.1) is 6.42 Å². The highest BCUT2D eigenvalue weighted by Crippen LogP contribution is 2.19. The van der Waals surface area contributed by atoms with Gasteiger partial charge in [-0.2, -0.15) is 0 Å². The van der Waals surface area contributed by atoms with Gasteiger partial charge in [0.2, 0.25) is 5.91 Å². The van der Waals surface area contributed by atoms with Crippen molar-refractivity contribution in [1.82, 2.24) is 4.90 Å². The number of rotatable bonds is 3. The molecule has 1 aromatic carbocycles. The number of likely N-dealkylation sites (tertiary alicyclic amines) is 1. The first-order valence-corrected chi connectivity index (χ1v) is 6.65. The van der Waals surface area contributed by atoms with E-state index in [1.807, 2.05) is 24.0 Å². The number of nitrogens with two attached hydrogens (primary N) is 1. The number of amides is 1. The summed E-state index contributed by atoms with van der Waals surface area (Å²) in [4.78, 5) is 14.1. The number of halogens is 1. The van der Waals surface area contributed by atoms with Gasteiger partial charge in [0.1, 0.15) is 0 Å². The minimum atomic E-state index is 0. The van der Waals surface area contributed by atoms with E-state index in [2.05, 4.69) is 19.1 Å². The Hall–Kier alpha value is -1.06. The first-order valence-electron chi connectivity index (χ1n) is 6.65. The highest BCUT2D eigenvalue weighted by molar-refractivity contribution is 5.85. The molecule has 106 valence electrons. The van der Waals surface area contributed by atoms with Crippen molar-refractivity contribution < 1.29 is 4.79 Å². The molecule has 19 heavy (non-hydrogen) atoms. The van der Waals surface area contributed by atoms with Crippen LogP contribution in [0.1, 0.15) is 24.5 Å². The van der Waals surface area contributed by atoms with Crippen LogP contribution in [0.25, 0.3) is 0 Å². The van der Waals surface area contributed by atoms with E-state index in [-0.39, 0.29) is 24.4 Å². The molecule has 1 amide bonds. The summed E-state index contributed by atoms with van der Waals surface area (Å²) in [5.41, 5.74) is 8.21. The summed E-state index contributed by atoms with van der Waals surface area (Å²) in [7, 11) is 0. The summed E-state index contributed by atoms with van der Waals surface area (Å²) in [5.74, 6) is 0.689. The van der Waals surface area contributed by atoms with Crippen LogP contribution in [0.2, 0.25) is 0 Å². The van der Waals surface area contributed by atoms with E-state index in [1.165, 1.54) is 5.56 Å². The zero-order chi connectivity index (χ0) is 13.1. The molecule has 2 rings (SSSR count). The highest BCUT2D eigenvalue weighted by Gasteiger charge is 2.28. The van der Waals surface area contributed by atoms with Gasteiger partial charge in [-0.05, 0) is 31.7 Å². The van der Waals surface area contributed by atoms with Crippen LogP contribution in [0.4, 0.5) is 0 Å². The molecular formula is C15H23ClN2O. The van der Waals surface area contributed by atoms with Crippen molar-refractivity contribution in [2.75, 3.05) is 13.1 Å². The van der Waals surface area contributed by atoms with Crippen LogP contribution < -0.4 is 5.73 Å². The van der Waals surface area contributed by atoms with Gasteiger partial charge in [0, 0.05) is 19.1 Å². The van der Waals surface area contributed by atoms with Crippen LogP contribution in [-0.4, -0.2) is 29.9 Å². The van der Waals surface area contributed by atoms with E-state index in [0.717, 1.165) is 25.1 Å². The van der Waals surface area contributed by atoms with Crippen LogP contribution >= 0.6 is 12.4 Å². The maximum absolute atomic E-state index is 12.2. The molecule has 3 nitrogen and oxygen atoms in total. The van der Waals surface area contributed by atoms with Crippen LogP contribution in [0.5, 0.6) is 0 Å². The van der Waals surface area contributed by atoms with Crippen molar-refractivity contribution in [3.63, 3.8) is 0 Å². The minimum absolute atomic E-state index is 0. The number of hydrogen-bond acceptors (Lipinski definition) is 2. The van der Waals surface area contributed by atoms with Crippen molar-refractivity contribution in [3.8, 4) is 0 Å². The lowest BCUT2D eigenvalue weighted by molar-refractivity contribution is -0.129. The Morgan fingerprint density at radius 3 is 2.58 bits per heavy atom. The van der Waals surface area contributed by atoms with E-state index in [4.69, 9.17) is 5.73 Å². The van der Waals surface area contributed by atoms with Crippen molar-refractivity contribution in [2.45, 2.75) is 32.7 Å². The molecule has 1 aliphatic rings. The van der Waals surface area contributed by atoms with Gasteiger partial charge < -0.3 is 10.6 Å². The maximum Gasteiger partial charge on any atom is 0.226 e. The third kappa shape index (κ3) is 4.22. The molecule has 2 unspecified atom stereocenters. The number of nitrogens with zero attached hydrogens (tertiary/aromatic N) is 1. The van der Waals surface area contributed by atoms with Crippen LogP contribution in [0.3, 0.4) is 0 Å². The first kappa shape index (κ1) is 16.0. The van der Waals surface area contributed by atoms with Gasteiger partial charge in [0.25, 0.3) is 0 Å². The second-order valence-electron chi connectivity index (χ2n) is 5.41. The van der Waals surface area contributed by atoms with Crippen LogP contribution in [-0.2, 0) is 11.2 Å². The lowest BCUT2D eigenvalue weighted by Gasteiger charge is -2.18. The molecule has 0 aromatic heterocycles. The molecule has 0 saturated carbocycles. The number of aryl methyl sites for hydroxylation is 1. The number of hydrogen-bond donors (Lipinski definition) is 1. The fourth-order valence-corrected chi connectivity index (χ4v) is 2.44. The van der Waals surface area contributed by atoms with E-state index in [9.17, 15) is 4.79 Å². The second-order valence-corrected chi connectivity index (χ2v) is 5.41. The van der Waals surface area contributed by atoms with Gasteiger partial charge in [-0.3, -0.25) is 4.79 Å². The molecule has 2 N–H and O–H groups in total. The second kappa shape index (κ2) is 6.92. The third-order valence-electron chi connectivity index (χ3n) is 3.80. The lowest BCUT2D eigenvalue weighted by Crippen LogP contribution is -2.33. The largest absolute Gasteiger partial charge is 0.342 e. The summed E-state index contributed by atoms with van der Waals surface area (Å²) >= 11 is 0. The molecular weight excluding hydrogens is 260 g/mol. The molecule has 0 aliphatic carbocycles. The van der Waals surface area contributed by atoms with Crippen molar-refractivity contribution in [1.29, 1.82) is 0 Å². The van der Waals surface area contributed by atoms with Crippen molar-refractivity contribution >= 4 is 18.3 Å². The fourth-order valence-electron chi connectivity index (χ4n) is 2.44. The minimum Gasteiger partial charge on any atom is -0.342 e. The van der Waals surface area contributed by atoms with Gasteiger partial charge in [-0.25, -0.2) is 0 Å². The van der Waals surface area contributed by atoms with Gasteiger partial charge >= 0.3 is 0 Å². The normalized spacial score (nSPS) is 19.9. The number of benzene rings is 1. The molecule has 1 fully saturated rings. The van der Waals surface area contributed by atoms with E-state index in [0.29, 0.717) is 12.3 Å². The SMILES string of the molecule is Cc1ccc(CC(=O)N2CCC(C(C)N)C2)cc1.Cl. The average Bonchev–Trinajstić information content (AvgIpc) is 2.81. The molecule has 0 radical (unpaired) electrons. The summed E-state index contributed by atoms with van der Waals surface area (Å²) in [5, 5.41) is 0. The molecule has 1 aromatic rings. The van der Waals surface area contributed by atoms with Gasteiger partial charge in [-0.15, -0.1) is 12.4 Å². The van der Waals surface area contributed by atoms with E-state index in [1.54, 1.807) is 0 Å². The van der Waals surface area contributed by atoms with E-state index >= 15 is 0 Å². The lowest BCUT2D eigenvalue weighted by atomic mass is 10.0. The van der Waals surface area contributed by atoms with Gasteiger partial charge in [0.15, 0.2) is 0 Å². The number of carbonyl (C=O) groups excluding carboxylic acids is 1. The summed E-state index contributed by atoms with van der Waals surface area (Å²) < 4.78 is 0. The molecule has 0 bridgehead atoms. The average molecular weight is 283 g/mol. The molecule has 0 spiro atoms. The monoisotopic (exact) mass is 282 g/mol. The molecule has 1 saturated heterocycles. The summed E-state index contributed by atoms with van der Waals surface area (Å²) in [6.07, 6.45) is 1.54. The Kier molecular flexibility index (Phi) is 5.83. The Labute approximate surface area is 121 Å². The summed E-state index contributed by atoms with van der Waals surface area (Å²) in [6.45, 7) is 5.76. The Balaban J connectivity index is 0.00000180. The highest BCUT2D eigenvalue weighted by atomic mass is 35.5. The van der Waals surface area contributed by atoms with Crippen LogP contribution in [0, 0.1) is 12.8 Å². The zero-order valence-corrected chi connectivity index (χ0v) is 12.5. The van der Waals surface area contributed by atoms with Gasteiger partial charge in [-0.1, -0.05) is 29.8 Å². The zero-order valence-electron chi connectivity index (χ0n) is 11.6. The Bertz CT molecular complexity index is 417. The molecule has 4 heteroatoms. The fraction of sp³-hybridized carbons (Fsp3) is 0.533. The van der Waals surface area contributed by atoms with Crippen molar-refractivity contribution in [3.05, 3.63) is 35.4 Å². The van der Waals surface area contributed by atoms with Crippen molar-refractivity contribution in [2.24, 2.45) is 11.7 Å². The molecule has 1 aliphatic heterocycles.